The molecule has 1 aliphatic carbocycles. The van der Waals surface area contributed by atoms with Gasteiger partial charge in [-0.2, -0.15) is 0 Å². The van der Waals surface area contributed by atoms with E-state index in [0.717, 1.165) is 41.1 Å². The molecule has 0 saturated heterocycles. The number of thioether (sulfide) groups is 1. The third-order valence-electron chi connectivity index (χ3n) is 5.80. The highest BCUT2D eigenvalue weighted by Crippen LogP contribution is 2.35. The Morgan fingerprint density at radius 3 is 2.93 bits per heavy atom. The molecule has 1 aromatic carbocycles. The van der Waals surface area contributed by atoms with Crippen LogP contribution < -0.4 is 5.56 Å². The van der Waals surface area contributed by atoms with E-state index in [0.29, 0.717) is 22.7 Å². The number of imidazole rings is 1. The van der Waals surface area contributed by atoms with Crippen LogP contribution in [0.4, 0.5) is 0 Å². The minimum absolute atomic E-state index is 0.0688. The Balaban J connectivity index is 1.59. The van der Waals surface area contributed by atoms with Gasteiger partial charge in [-0.3, -0.25) is 9.36 Å². The van der Waals surface area contributed by atoms with E-state index >= 15 is 0 Å². The molecule has 0 spiro atoms. The van der Waals surface area contributed by atoms with Crippen LogP contribution in [0.15, 0.2) is 46.7 Å². The Morgan fingerprint density at radius 1 is 1.17 bits per heavy atom. The number of aromatic amines is 1. The fourth-order valence-electron chi connectivity index (χ4n) is 4.30. The van der Waals surface area contributed by atoms with Gasteiger partial charge in [-0.25, -0.2) is 19.9 Å². The number of nitrogens with zero attached hydrogens (tertiary/aromatic N) is 5. The van der Waals surface area contributed by atoms with Gasteiger partial charge in [0.2, 0.25) is 0 Å². The highest BCUT2D eigenvalue weighted by Gasteiger charge is 2.27. The topological polar surface area (TPSA) is 89.3 Å². The molecule has 1 fully saturated rings. The first-order chi connectivity index (χ1) is 14.2. The van der Waals surface area contributed by atoms with Crippen molar-refractivity contribution in [2.75, 3.05) is 0 Å². The number of aromatic nitrogens is 6. The molecule has 0 radical (unpaired) electrons. The van der Waals surface area contributed by atoms with Crippen molar-refractivity contribution in [3.63, 3.8) is 0 Å². The first-order valence-corrected chi connectivity index (χ1v) is 11.0. The van der Waals surface area contributed by atoms with Gasteiger partial charge in [-0.05, 0) is 30.9 Å². The van der Waals surface area contributed by atoms with Gasteiger partial charge >= 0.3 is 0 Å². The van der Waals surface area contributed by atoms with Crippen LogP contribution in [-0.4, -0.2) is 29.5 Å². The van der Waals surface area contributed by atoms with E-state index < -0.39 is 0 Å². The fourth-order valence-corrected chi connectivity index (χ4v) is 5.19. The van der Waals surface area contributed by atoms with E-state index in [-0.39, 0.29) is 11.6 Å². The maximum absolute atomic E-state index is 13.4. The molecule has 2 atom stereocenters. The summed E-state index contributed by atoms with van der Waals surface area (Å²) in [5.74, 6) is 1.84. The SMILES string of the molecule is CC1CCCCC1n1c(CSc2ncnc3nc[nH]c23)nc2ccccc2c1=O. The molecule has 4 aromatic rings. The molecule has 0 amide bonds. The summed E-state index contributed by atoms with van der Waals surface area (Å²) in [6, 6.07) is 7.82. The predicted octanol–water partition coefficient (Wildman–Crippen LogP) is 4.11. The standard InChI is InChI=1S/C21H22N6OS/c1-13-6-2-5-9-16(13)27-17(26-15-8-4-3-7-14(15)21(27)28)10-29-20-18-19(23-11-22-18)24-12-25-20/h3-4,7-8,11-13,16H,2,5-6,9-10H2,1H3,(H,22,23,24,25). The predicted molar refractivity (Wildman–Crippen MR) is 114 cm³/mol. The average Bonchev–Trinajstić information content (AvgIpc) is 3.23. The molecule has 3 heterocycles. The highest BCUT2D eigenvalue weighted by atomic mass is 32.2. The van der Waals surface area contributed by atoms with Crippen molar-refractivity contribution in [1.82, 2.24) is 29.5 Å². The number of hydrogen-bond acceptors (Lipinski definition) is 6. The zero-order valence-corrected chi connectivity index (χ0v) is 17.0. The summed E-state index contributed by atoms with van der Waals surface area (Å²) in [5, 5.41) is 1.51. The Morgan fingerprint density at radius 2 is 2.03 bits per heavy atom. The van der Waals surface area contributed by atoms with Crippen LogP contribution in [0, 0.1) is 5.92 Å². The van der Waals surface area contributed by atoms with Crippen LogP contribution in [0.2, 0.25) is 0 Å². The molecular weight excluding hydrogens is 384 g/mol. The average molecular weight is 407 g/mol. The summed E-state index contributed by atoms with van der Waals surface area (Å²) in [6.07, 6.45) is 7.71. The summed E-state index contributed by atoms with van der Waals surface area (Å²) in [5.41, 5.74) is 2.28. The molecule has 2 unspecified atom stereocenters. The molecule has 7 nitrogen and oxygen atoms in total. The third kappa shape index (κ3) is 3.31. The van der Waals surface area contributed by atoms with E-state index in [1.807, 2.05) is 28.8 Å². The van der Waals surface area contributed by atoms with E-state index in [9.17, 15) is 4.79 Å². The monoisotopic (exact) mass is 406 g/mol. The van der Waals surface area contributed by atoms with E-state index in [4.69, 9.17) is 4.98 Å². The van der Waals surface area contributed by atoms with Gasteiger partial charge < -0.3 is 4.98 Å². The van der Waals surface area contributed by atoms with E-state index in [2.05, 4.69) is 26.9 Å². The number of nitrogens with one attached hydrogen (secondary N) is 1. The summed E-state index contributed by atoms with van der Waals surface area (Å²) in [6.45, 7) is 2.25. The van der Waals surface area contributed by atoms with Crippen LogP contribution in [0.25, 0.3) is 22.1 Å². The van der Waals surface area contributed by atoms with Gasteiger partial charge in [0.15, 0.2) is 5.65 Å². The molecule has 1 N–H and O–H groups in total. The van der Waals surface area contributed by atoms with Crippen LogP contribution in [0.3, 0.4) is 0 Å². The Kier molecular flexibility index (Phi) is 4.79. The highest BCUT2D eigenvalue weighted by molar-refractivity contribution is 7.98. The molecule has 0 bridgehead atoms. The summed E-state index contributed by atoms with van der Waals surface area (Å²) < 4.78 is 1.96. The van der Waals surface area contributed by atoms with E-state index in [1.165, 1.54) is 12.7 Å². The first kappa shape index (κ1) is 18.3. The minimum Gasteiger partial charge on any atom is -0.341 e. The maximum atomic E-state index is 13.4. The molecule has 29 heavy (non-hydrogen) atoms. The van der Waals surface area contributed by atoms with Gasteiger partial charge in [0.1, 0.15) is 22.7 Å². The largest absolute Gasteiger partial charge is 0.341 e. The second-order valence-electron chi connectivity index (χ2n) is 7.62. The molecule has 148 valence electrons. The first-order valence-electron chi connectivity index (χ1n) is 9.99. The maximum Gasteiger partial charge on any atom is 0.261 e. The van der Waals surface area contributed by atoms with Gasteiger partial charge in [0.25, 0.3) is 5.56 Å². The van der Waals surface area contributed by atoms with Crippen molar-refractivity contribution in [3.05, 3.63) is 53.1 Å². The number of rotatable bonds is 4. The molecule has 3 aromatic heterocycles. The Hall–Kier alpha value is -2.74. The number of para-hydroxylation sites is 1. The number of fused-ring (bicyclic) bond motifs is 2. The lowest BCUT2D eigenvalue weighted by Crippen LogP contribution is -2.33. The van der Waals surface area contributed by atoms with Crippen LogP contribution in [-0.2, 0) is 5.75 Å². The lowest BCUT2D eigenvalue weighted by Gasteiger charge is -2.32. The van der Waals surface area contributed by atoms with Gasteiger partial charge in [0, 0.05) is 6.04 Å². The number of benzene rings is 1. The van der Waals surface area contributed by atoms with E-state index in [1.54, 1.807) is 18.1 Å². The summed E-state index contributed by atoms with van der Waals surface area (Å²) in [7, 11) is 0. The van der Waals surface area contributed by atoms with Crippen LogP contribution >= 0.6 is 11.8 Å². The quantitative estimate of drug-likeness (QED) is 0.405. The van der Waals surface area contributed by atoms with Crippen molar-refractivity contribution >= 4 is 33.8 Å². The second-order valence-corrected chi connectivity index (χ2v) is 8.58. The normalized spacial score (nSPS) is 19.8. The fraction of sp³-hybridized carbons (Fsp3) is 0.381. The minimum atomic E-state index is 0.0688. The van der Waals surface area contributed by atoms with Crippen molar-refractivity contribution in [2.45, 2.75) is 49.4 Å². The lowest BCUT2D eigenvalue weighted by atomic mass is 9.85. The Bertz CT molecular complexity index is 1230. The number of H-pyrrole nitrogens is 1. The van der Waals surface area contributed by atoms with Crippen molar-refractivity contribution in [2.24, 2.45) is 5.92 Å². The zero-order chi connectivity index (χ0) is 19.8. The Labute approximate surface area is 172 Å². The van der Waals surface area contributed by atoms with Crippen molar-refractivity contribution < 1.29 is 0 Å². The molecule has 5 rings (SSSR count). The zero-order valence-electron chi connectivity index (χ0n) is 16.2. The molecule has 1 aliphatic rings. The molecular formula is C21H22N6OS. The van der Waals surface area contributed by atoms with Crippen molar-refractivity contribution in [1.29, 1.82) is 0 Å². The van der Waals surface area contributed by atoms with Gasteiger partial charge in [-0.1, -0.05) is 43.7 Å². The number of hydrogen-bond donors (Lipinski definition) is 1. The van der Waals surface area contributed by atoms with Gasteiger partial charge in [-0.15, -0.1) is 0 Å². The van der Waals surface area contributed by atoms with Crippen molar-refractivity contribution in [3.8, 4) is 0 Å². The van der Waals surface area contributed by atoms with Crippen LogP contribution in [0.1, 0.15) is 44.5 Å². The van der Waals surface area contributed by atoms with Gasteiger partial charge in [0.05, 0.1) is 23.0 Å². The summed E-state index contributed by atoms with van der Waals surface area (Å²) >= 11 is 1.56. The second kappa shape index (κ2) is 7.59. The van der Waals surface area contributed by atoms with Crippen LogP contribution in [0.5, 0.6) is 0 Å². The third-order valence-corrected chi connectivity index (χ3v) is 6.79. The molecule has 0 aliphatic heterocycles. The smallest absolute Gasteiger partial charge is 0.261 e. The molecule has 8 heteroatoms. The molecule has 1 saturated carbocycles. The summed E-state index contributed by atoms with van der Waals surface area (Å²) in [4.78, 5) is 34.2. The lowest BCUT2D eigenvalue weighted by molar-refractivity contribution is 0.247.